The molecule has 12 atom stereocenters. The zero-order valence-corrected chi connectivity index (χ0v) is 20.4. The molecule has 1 spiro atoms. The lowest BCUT2D eigenvalue weighted by Gasteiger charge is -2.61. The van der Waals surface area contributed by atoms with Crippen molar-refractivity contribution in [3.8, 4) is 0 Å². The van der Waals surface area contributed by atoms with E-state index in [2.05, 4.69) is 39.8 Å². The van der Waals surface area contributed by atoms with Gasteiger partial charge in [0.25, 0.3) is 0 Å². The first-order valence-electron chi connectivity index (χ1n) is 14.6. The molecule has 0 radical (unpaired) electrons. The van der Waals surface area contributed by atoms with Crippen molar-refractivity contribution in [3.05, 3.63) is 12.2 Å². The van der Waals surface area contributed by atoms with Gasteiger partial charge in [-0.05, 0) is 110 Å². The van der Waals surface area contributed by atoms with Crippen molar-refractivity contribution < 1.29 is 8.85 Å². The van der Waals surface area contributed by atoms with Crippen molar-refractivity contribution in [2.75, 3.05) is 7.11 Å². The maximum atomic E-state index is 7.76. The summed E-state index contributed by atoms with van der Waals surface area (Å²) < 4.78 is 29.6. The molecule has 0 saturated heterocycles. The molecule has 0 heterocycles. The van der Waals surface area contributed by atoms with Gasteiger partial charge < -0.3 is 4.74 Å². The molecular weight excluding hydrogens is 364 g/mol. The average Bonchev–Trinajstić information content (AvgIpc) is 3.26. The molecule has 170 valence electrons. The summed E-state index contributed by atoms with van der Waals surface area (Å²) in [6.07, 6.45) is 16.2. The maximum absolute atomic E-state index is 7.76. The standard InChI is InChI=1S/C29H48O/c1-18(2)19(3)8-9-20(4)23-10-11-24-22-16-26(30-7)29-17-21(29)12-15-28(29,6)25(22)13-14-27(23,24)5/h8-9,18-26H,10-17H2,1-7H3/b9-8+/t19-,20+,21+,22-,23+,24-,25-,26+,27+,28+,29-/m0/s1/i1D3/t18?,19-,20+,21+,22-,23+,24-,25-,26+,27+,28+,29-. The highest BCUT2D eigenvalue weighted by Gasteiger charge is 2.77. The van der Waals surface area contributed by atoms with Gasteiger partial charge in [-0.25, -0.2) is 0 Å². The summed E-state index contributed by atoms with van der Waals surface area (Å²) in [7, 11) is 1.99. The molecule has 0 N–H and O–H groups in total. The smallest absolute Gasteiger partial charge is 0.0638 e. The quantitative estimate of drug-likeness (QED) is 0.417. The molecule has 30 heavy (non-hydrogen) atoms. The predicted octanol–water partition coefficient (Wildman–Crippen LogP) is 7.75. The normalized spacial score (nSPS) is 56.7. The minimum Gasteiger partial charge on any atom is -0.381 e. The van der Waals surface area contributed by atoms with E-state index in [-0.39, 0.29) is 11.8 Å². The Hall–Kier alpha value is -0.300. The molecule has 5 aliphatic rings. The topological polar surface area (TPSA) is 9.23 Å². The summed E-state index contributed by atoms with van der Waals surface area (Å²) in [5, 5.41) is 0. The van der Waals surface area contributed by atoms with Crippen LogP contribution in [0.4, 0.5) is 0 Å². The van der Waals surface area contributed by atoms with E-state index in [0.717, 1.165) is 29.6 Å². The number of fused-ring (bicyclic) bond motifs is 4. The van der Waals surface area contributed by atoms with Crippen LogP contribution in [0.25, 0.3) is 0 Å². The van der Waals surface area contributed by atoms with Crippen LogP contribution in [0.5, 0.6) is 0 Å². The largest absolute Gasteiger partial charge is 0.381 e. The minimum absolute atomic E-state index is 0.0893. The highest BCUT2D eigenvalue weighted by Crippen LogP contribution is 2.82. The summed E-state index contributed by atoms with van der Waals surface area (Å²) in [5.41, 5.74) is 1.44. The van der Waals surface area contributed by atoms with E-state index in [4.69, 9.17) is 8.85 Å². The summed E-state index contributed by atoms with van der Waals surface area (Å²) in [5.74, 6) is 4.55. The molecule has 1 unspecified atom stereocenters. The molecule has 5 fully saturated rings. The summed E-state index contributed by atoms with van der Waals surface area (Å²) in [6, 6.07) is 0. The Morgan fingerprint density at radius 3 is 2.50 bits per heavy atom. The summed E-state index contributed by atoms with van der Waals surface area (Å²) in [4.78, 5) is 0. The predicted molar refractivity (Wildman–Crippen MR) is 126 cm³/mol. The van der Waals surface area contributed by atoms with Crippen LogP contribution in [0.2, 0.25) is 0 Å². The van der Waals surface area contributed by atoms with E-state index in [9.17, 15) is 0 Å². The molecule has 0 aliphatic heterocycles. The van der Waals surface area contributed by atoms with Crippen LogP contribution >= 0.6 is 0 Å². The maximum Gasteiger partial charge on any atom is 0.0638 e. The Morgan fingerprint density at radius 1 is 1.00 bits per heavy atom. The minimum atomic E-state index is -1.87. The fraction of sp³-hybridized carbons (Fsp3) is 0.931. The molecule has 1 nitrogen and oxygen atoms in total. The van der Waals surface area contributed by atoms with Crippen LogP contribution in [0, 0.1) is 63.6 Å². The molecule has 0 aromatic carbocycles. The van der Waals surface area contributed by atoms with Crippen molar-refractivity contribution in [2.45, 2.75) is 98.9 Å². The van der Waals surface area contributed by atoms with Crippen molar-refractivity contribution >= 4 is 0 Å². The lowest BCUT2D eigenvalue weighted by atomic mass is 9.45. The van der Waals surface area contributed by atoms with Crippen molar-refractivity contribution in [1.29, 1.82) is 0 Å². The number of allylic oxidation sites excluding steroid dienone is 2. The van der Waals surface area contributed by atoms with Gasteiger partial charge in [0.15, 0.2) is 0 Å². The average molecular weight is 416 g/mol. The first-order valence-corrected chi connectivity index (χ1v) is 13.1. The van der Waals surface area contributed by atoms with Gasteiger partial charge in [-0.2, -0.15) is 0 Å². The molecule has 0 bridgehead atoms. The Morgan fingerprint density at radius 2 is 1.80 bits per heavy atom. The third kappa shape index (κ3) is 2.69. The number of hydrogen-bond donors (Lipinski definition) is 0. The number of ether oxygens (including phenoxy) is 1. The number of rotatable bonds is 5. The van der Waals surface area contributed by atoms with Gasteiger partial charge in [-0.15, -0.1) is 0 Å². The molecule has 5 saturated carbocycles. The molecule has 1 heteroatoms. The van der Waals surface area contributed by atoms with Crippen LogP contribution in [-0.4, -0.2) is 13.2 Å². The Kier molecular flexibility index (Phi) is 4.30. The van der Waals surface area contributed by atoms with Crippen LogP contribution in [-0.2, 0) is 4.74 Å². The summed E-state index contributed by atoms with van der Waals surface area (Å²) >= 11 is 0. The van der Waals surface area contributed by atoms with Gasteiger partial charge in [0.05, 0.1) is 6.10 Å². The molecule has 5 rings (SSSR count). The fourth-order valence-electron chi connectivity index (χ4n) is 10.1. The zero-order valence-electron chi connectivity index (χ0n) is 23.4. The van der Waals surface area contributed by atoms with Crippen molar-refractivity contribution in [2.24, 2.45) is 63.6 Å². The molecule has 0 amide bonds. The Labute approximate surface area is 191 Å². The third-order valence-corrected chi connectivity index (χ3v) is 12.0. The number of methoxy groups -OCH3 is 1. The highest BCUT2D eigenvalue weighted by molar-refractivity contribution is 5.26. The van der Waals surface area contributed by atoms with E-state index in [1.807, 2.05) is 14.0 Å². The van der Waals surface area contributed by atoms with Crippen LogP contribution < -0.4 is 0 Å². The van der Waals surface area contributed by atoms with Gasteiger partial charge in [0.2, 0.25) is 0 Å². The van der Waals surface area contributed by atoms with E-state index >= 15 is 0 Å². The second kappa shape index (κ2) is 7.10. The second-order valence-electron chi connectivity index (χ2n) is 12.9. The van der Waals surface area contributed by atoms with Gasteiger partial charge in [0, 0.05) is 16.6 Å². The van der Waals surface area contributed by atoms with Crippen LogP contribution in [0.3, 0.4) is 0 Å². The zero-order chi connectivity index (χ0) is 24.0. The monoisotopic (exact) mass is 415 g/mol. The van der Waals surface area contributed by atoms with E-state index in [0.29, 0.717) is 28.3 Å². The lowest BCUT2D eigenvalue weighted by molar-refractivity contribution is -0.160. The van der Waals surface area contributed by atoms with E-state index < -0.39 is 6.85 Å². The second-order valence-corrected chi connectivity index (χ2v) is 12.9. The third-order valence-electron chi connectivity index (χ3n) is 12.0. The lowest BCUT2D eigenvalue weighted by Crippen LogP contribution is -2.57. The summed E-state index contributed by atoms with van der Waals surface area (Å²) in [6.45, 7) is 9.75. The molecule has 0 aromatic rings. The van der Waals surface area contributed by atoms with Gasteiger partial charge >= 0.3 is 0 Å². The molecule has 0 aromatic heterocycles. The van der Waals surface area contributed by atoms with Crippen LogP contribution in [0.15, 0.2) is 12.2 Å². The van der Waals surface area contributed by atoms with Crippen molar-refractivity contribution in [1.82, 2.24) is 0 Å². The van der Waals surface area contributed by atoms with E-state index in [1.165, 1.54) is 51.4 Å². The molecule has 5 aliphatic carbocycles. The first kappa shape index (κ1) is 18.2. The number of hydrogen-bond acceptors (Lipinski definition) is 1. The fourth-order valence-corrected chi connectivity index (χ4v) is 10.1. The van der Waals surface area contributed by atoms with E-state index in [1.54, 1.807) is 0 Å². The van der Waals surface area contributed by atoms with Crippen molar-refractivity contribution in [3.63, 3.8) is 0 Å². The van der Waals surface area contributed by atoms with Gasteiger partial charge in [-0.1, -0.05) is 53.6 Å². The van der Waals surface area contributed by atoms with Crippen LogP contribution in [0.1, 0.15) is 96.9 Å². The molecular formula is C29H48O. The first-order chi connectivity index (χ1) is 15.4. The van der Waals surface area contributed by atoms with Gasteiger partial charge in [0.1, 0.15) is 0 Å². The Balaban J connectivity index is 1.34. The SMILES string of the molecule is [2H]C([2H])([2H])C(C)[C@@H](C)/C=C/[C@@H](C)[C@H]1CC[C@H]2[C@@H]3C[C@@H](OC)[C@]45C[C@H]4CC[C@]5(C)[C@H]3CC[C@]12C. The Bertz CT molecular complexity index is 790. The van der Waals surface area contributed by atoms with Gasteiger partial charge in [-0.3, -0.25) is 0 Å². The highest BCUT2D eigenvalue weighted by atomic mass is 16.5.